The van der Waals surface area contributed by atoms with Crippen LogP contribution in [0.1, 0.15) is 48.4 Å². The van der Waals surface area contributed by atoms with Gasteiger partial charge in [0.2, 0.25) is 0 Å². The summed E-state index contributed by atoms with van der Waals surface area (Å²) in [7, 11) is 0. The molecule has 3 rings (SSSR count). The fourth-order valence-electron chi connectivity index (χ4n) is 2.57. The van der Waals surface area contributed by atoms with E-state index in [-0.39, 0.29) is 11.6 Å². The highest BCUT2D eigenvalue weighted by atomic mass is 32.2. The van der Waals surface area contributed by atoms with E-state index < -0.39 is 11.2 Å². The number of carbonyl (C=O) groups is 2. The molecule has 0 saturated heterocycles. The van der Waals surface area contributed by atoms with Crippen molar-refractivity contribution < 1.29 is 19.8 Å². The first-order valence-electron chi connectivity index (χ1n) is 8.15. The molecule has 2 aromatic rings. The molecule has 136 valence electrons. The van der Waals surface area contributed by atoms with E-state index in [9.17, 15) is 19.8 Å². The van der Waals surface area contributed by atoms with Crippen molar-refractivity contribution in [1.29, 1.82) is 0 Å². The third-order valence-corrected chi connectivity index (χ3v) is 6.49. The van der Waals surface area contributed by atoms with E-state index in [1.54, 1.807) is 36.0 Å². The highest BCUT2D eigenvalue weighted by molar-refractivity contribution is 8.05. The first-order chi connectivity index (χ1) is 12.0. The summed E-state index contributed by atoms with van der Waals surface area (Å²) in [6.07, 6.45) is 0. The van der Waals surface area contributed by atoms with Crippen LogP contribution in [0.15, 0.2) is 56.0 Å². The number of hydrogen-bond donors (Lipinski definition) is 2. The van der Waals surface area contributed by atoms with Crippen LogP contribution in [0.4, 0.5) is 0 Å². The van der Waals surface area contributed by atoms with Crippen molar-refractivity contribution in [2.24, 2.45) is 0 Å². The fourth-order valence-corrected chi connectivity index (χ4v) is 4.84. The Labute approximate surface area is 161 Å². The highest BCUT2D eigenvalue weighted by Gasteiger charge is 2.29. The van der Waals surface area contributed by atoms with Crippen molar-refractivity contribution in [2.45, 2.75) is 58.5 Å². The van der Waals surface area contributed by atoms with Crippen LogP contribution in [-0.2, 0) is 0 Å². The van der Waals surface area contributed by atoms with Crippen molar-refractivity contribution in [3.8, 4) is 0 Å². The van der Waals surface area contributed by atoms with Gasteiger partial charge in [0, 0.05) is 30.7 Å². The normalized spacial score (nSPS) is 13.8. The van der Waals surface area contributed by atoms with Gasteiger partial charge in [0.25, 0.3) is 0 Å². The van der Waals surface area contributed by atoms with Crippen LogP contribution in [0.2, 0.25) is 0 Å². The van der Waals surface area contributed by atoms with Gasteiger partial charge in [0.15, 0.2) is 11.6 Å². The van der Waals surface area contributed by atoms with Crippen LogP contribution in [0.25, 0.3) is 0 Å². The van der Waals surface area contributed by atoms with Crippen LogP contribution in [0.5, 0.6) is 0 Å². The number of fused-ring (bicyclic) bond motifs is 2. The fraction of sp³-hybridized carbons (Fsp3) is 0.300. The van der Waals surface area contributed by atoms with Gasteiger partial charge in [-0.3, -0.25) is 9.59 Å². The Morgan fingerprint density at radius 1 is 0.692 bits per heavy atom. The highest BCUT2D eigenvalue weighted by Crippen LogP contribution is 2.49. The van der Waals surface area contributed by atoms with Gasteiger partial charge in [0.05, 0.1) is 0 Å². The summed E-state index contributed by atoms with van der Waals surface area (Å²) in [5.74, 6) is -0.662. The van der Waals surface area contributed by atoms with Crippen LogP contribution in [0, 0.1) is 0 Å². The Bertz CT molecular complexity index is 832. The first-order valence-corrected chi connectivity index (χ1v) is 9.78. The van der Waals surface area contributed by atoms with Gasteiger partial charge in [-0.25, -0.2) is 0 Å². The molecule has 0 spiro atoms. The molecule has 2 N–H and O–H groups in total. The molecular weight excluding hydrogens is 368 g/mol. The smallest absolute Gasteiger partial charge is 0.193 e. The van der Waals surface area contributed by atoms with Crippen molar-refractivity contribution in [2.75, 3.05) is 0 Å². The third kappa shape index (κ3) is 3.74. The maximum Gasteiger partial charge on any atom is 0.193 e. The maximum atomic E-state index is 12.3. The molecule has 0 atom stereocenters. The van der Waals surface area contributed by atoms with Gasteiger partial charge >= 0.3 is 0 Å². The second-order valence-corrected chi connectivity index (χ2v) is 9.47. The predicted octanol–water partition coefficient (Wildman–Crippen LogP) is 4.21. The summed E-state index contributed by atoms with van der Waals surface area (Å²) in [6, 6.07) is 10.8. The number of hydrogen-bond acceptors (Lipinski definition) is 6. The van der Waals surface area contributed by atoms with E-state index >= 15 is 0 Å². The molecule has 26 heavy (non-hydrogen) atoms. The number of Topliss-reactive ketones (excluding diaryl/α,β-unsaturated/α-hetero) is 2. The number of carbonyl (C=O) groups excluding carboxylic acids is 2. The van der Waals surface area contributed by atoms with Gasteiger partial charge in [-0.15, -0.1) is 0 Å². The van der Waals surface area contributed by atoms with Crippen molar-refractivity contribution in [1.82, 2.24) is 0 Å². The zero-order chi connectivity index (χ0) is 19.3. The Morgan fingerprint density at radius 3 is 1.38 bits per heavy atom. The molecule has 0 amide bonds. The van der Waals surface area contributed by atoms with Crippen molar-refractivity contribution >= 4 is 35.1 Å². The molecule has 0 aliphatic carbocycles. The number of rotatable bonds is 4. The average molecular weight is 389 g/mol. The molecule has 0 bridgehead atoms. The van der Waals surface area contributed by atoms with Crippen LogP contribution in [0.3, 0.4) is 0 Å². The van der Waals surface area contributed by atoms with E-state index in [0.717, 1.165) is 19.6 Å². The van der Waals surface area contributed by atoms with Gasteiger partial charge in [-0.1, -0.05) is 35.7 Å². The van der Waals surface area contributed by atoms with Crippen LogP contribution >= 0.6 is 23.5 Å². The Hall–Kier alpha value is -1.60. The van der Waals surface area contributed by atoms with Crippen LogP contribution in [-0.4, -0.2) is 33.0 Å². The molecule has 1 aliphatic rings. The van der Waals surface area contributed by atoms with Crippen LogP contribution < -0.4 is 0 Å². The third-order valence-electron chi connectivity index (χ3n) is 3.96. The molecule has 1 aliphatic heterocycles. The van der Waals surface area contributed by atoms with Crippen molar-refractivity contribution in [3.63, 3.8) is 0 Å². The van der Waals surface area contributed by atoms with E-state index in [1.807, 2.05) is 12.1 Å². The zero-order valence-electron chi connectivity index (χ0n) is 15.0. The summed E-state index contributed by atoms with van der Waals surface area (Å²) < 4.78 is 0. The van der Waals surface area contributed by atoms with Gasteiger partial charge in [-0.2, -0.15) is 0 Å². The quantitative estimate of drug-likeness (QED) is 0.652. The molecule has 0 aromatic heterocycles. The standard InChI is InChI=1S/C20H20O4S2/c1-19(2,23)17(21)11-5-7-13-15(9-11)26-16-10-12(6-8-14(16)25-13)18(22)20(3,4)24/h5-10,23-24H,1-4H3. The topological polar surface area (TPSA) is 74.6 Å². The number of benzene rings is 2. The second kappa shape index (κ2) is 6.53. The Kier molecular flexibility index (Phi) is 4.82. The van der Waals surface area contributed by atoms with E-state index in [2.05, 4.69) is 0 Å². The first kappa shape index (κ1) is 19.2. The lowest BCUT2D eigenvalue weighted by atomic mass is 9.97. The number of aliphatic hydroxyl groups is 2. The summed E-state index contributed by atoms with van der Waals surface area (Å²) in [5, 5.41) is 19.9. The van der Waals surface area contributed by atoms with Crippen molar-refractivity contribution in [3.05, 3.63) is 47.5 Å². The second-order valence-electron chi connectivity index (χ2n) is 7.30. The predicted molar refractivity (Wildman–Crippen MR) is 102 cm³/mol. The SMILES string of the molecule is CC(C)(O)C(=O)c1ccc2c(c1)Sc1cc(C(=O)C(C)(C)O)ccc1S2. The number of ketones is 2. The molecule has 6 heteroatoms. The minimum atomic E-state index is -1.43. The van der Waals surface area contributed by atoms with Gasteiger partial charge in [0.1, 0.15) is 11.2 Å². The van der Waals surface area contributed by atoms with E-state index in [1.165, 1.54) is 39.5 Å². The lowest BCUT2D eigenvalue weighted by Gasteiger charge is -2.22. The minimum Gasteiger partial charge on any atom is -0.382 e. The molecule has 0 fully saturated rings. The molecule has 0 radical (unpaired) electrons. The molecular formula is C20H20O4S2. The lowest BCUT2D eigenvalue weighted by molar-refractivity contribution is 0.0487. The molecule has 1 heterocycles. The summed E-state index contributed by atoms with van der Waals surface area (Å²) in [5.41, 5.74) is -1.94. The zero-order valence-corrected chi connectivity index (χ0v) is 16.6. The molecule has 4 nitrogen and oxygen atoms in total. The monoisotopic (exact) mass is 388 g/mol. The van der Waals surface area contributed by atoms with Gasteiger partial charge in [-0.05, 0) is 52.0 Å². The Morgan fingerprint density at radius 2 is 1.04 bits per heavy atom. The summed E-state index contributed by atoms with van der Waals surface area (Å²) in [6.45, 7) is 5.89. The van der Waals surface area contributed by atoms with Gasteiger partial charge < -0.3 is 10.2 Å². The largest absolute Gasteiger partial charge is 0.382 e. The maximum absolute atomic E-state index is 12.3. The summed E-state index contributed by atoms with van der Waals surface area (Å²) >= 11 is 3.05. The summed E-state index contributed by atoms with van der Waals surface area (Å²) in [4.78, 5) is 28.5. The van der Waals surface area contributed by atoms with E-state index in [0.29, 0.717) is 11.1 Å². The Balaban J connectivity index is 1.95. The molecule has 2 aromatic carbocycles. The average Bonchev–Trinajstić information content (AvgIpc) is 2.56. The lowest BCUT2D eigenvalue weighted by Crippen LogP contribution is -2.31. The molecule has 0 saturated carbocycles. The minimum absolute atomic E-state index is 0.331. The molecule has 0 unspecified atom stereocenters. The van der Waals surface area contributed by atoms with E-state index in [4.69, 9.17) is 0 Å².